The van der Waals surface area contributed by atoms with Gasteiger partial charge in [0.05, 0.1) is 15.4 Å². The lowest BCUT2D eigenvalue weighted by Gasteiger charge is -1.99. The summed E-state index contributed by atoms with van der Waals surface area (Å²) < 4.78 is 20.0. The summed E-state index contributed by atoms with van der Waals surface area (Å²) in [6.45, 7) is 1.96. The number of oxazole rings is 1. The van der Waals surface area contributed by atoms with Crippen LogP contribution in [0.4, 0.5) is 4.39 Å². The molecular weight excluding hydrogens is 361 g/mol. The number of thiophene rings is 2. The first-order valence-electron chi connectivity index (χ1n) is 7.45. The second kappa shape index (κ2) is 6.09. The zero-order chi connectivity index (χ0) is 17.6. The number of carbonyl (C=O) groups is 1. The molecule has 3 heterocycles. The molecule has 0 saturated carbocycles. The summed E-state index contributed by atoms with van der Waals surface area (Å²) >= 11 is 2.85. The van der Waals surface area contributed by atoms with E-state index < -0.39 is 5.97 Å². The summed E-state index contributed by atoms with van der Waals surface area (Å²) in [5.41, 5.74) is 0.334. The third-order valence-corrected chi connectivity index (χ3v) is 5.75. The van der Waals surface area contributed by atoms with Crippen LogP contribution in [0.2, 0.25) is 0 Å². The summed E-state index contributed by atoms with van der Waals surface area (Å²) in [4.78, 5) is 18.0. The van der Waals surface area contributed by atoms with E-state index in [0.29, 0.717) is 17.3 Å². The van der Waals surface area contributed by atoms with Crippen LogP contribution in [0.3, 0.4) is 0 Å². The van der Waals surface area contributed by atoms with E-state index in [1.165, 1.54) is 34.8 Å². The Hall–Kier alpha value is -2.51. The van der Waals surface area contributed by atoms with Gasteiger partial charge in [0.15, 0.2) is 5.76 Å². The number of carbonyl (C=O) groups excluding carboxylic acids is 1. The summed E-state index contributed by atoms with van der Waals surface area (Å²) in [7, 11) is 0. The average molecular weight is 372 g/mol. The zero-order valence-electron chi connectivity index (χ0n) is 13.0. The first kappa shape index (κ1) is 16.0. The molecule has 0 radical (unpaired) electrons. The van der Waals surface area contributed by atoms with Gasteiger partial charge in [-0.15, -0.1) is 22.7 Å². The van der Waals surface area contributed by atoms with Gasteiger partial charge in [0, 0.05) is 22.0 Å². The average Bonchev–Trinajstić information content (AvgIpc) is 3.24. The lowest BCUT2D eigenvalue weighted by molar-refractivity contribution is -0.304. The summed E-state index contributed by atoms with van der Waals surface area (Å²) in [6.07, 6.45) is -0.324. The zero-order valence-corrected chi connectivity index (χ0v) is 14.7. The fourth-order valence-corrected chi connectivity index (χ4v) is 4.46. The molecule has 0 aliphatic heterocycles. The highest BCUT2D eigenvalue weighted by molar-refractivity contribution is 7.22. The van der Waals surface area contributed by atoms with E-state index in [0.717, 1.165) is 24.7 Å². The van der Waals surface area contributed by atoms with Gasteiger partial charge in [0.2, 0.25) is 5.89 Å². The molecular formula is C18H11FNO3S2-. The normalized spacial score (nSPS) is 11.3. The molecule has 3 aromatic heterocycles. The molecule has 0 unspecified atom stereocenters. The SMILES string of the molecule is Cc1ccc(-c2oc(-c3cc4ccc(F)cc4s3)nc2CC(=O)[O-])s1. The van der Waals surface area contributed by atoms with Gasteiger partial charge in [-0.3, -0.25) is 0 Å². The highest BCUT2D eigenvalue weighted by Gasteiger charge is 2.19. The molecule has 0 bridgehead atoms. The van der Waals surface area contributed by atoms with Crippen LogP contribution in [0, 0.1) is 12.7 Å². The number of nitrogens with zero attached hydrogens (tertiary/aromatic N) is 1. The molecule has 4 rings (SSSR count). The quantitative estimate of drug-likeness (QED) is 0.543. The van der Waals surface area contributed by atoms with Crippen molar-refractivity contribution >= 4 is 38.7 Å². The van der Waals surface area contributed by atoms with Crippen molar-refractivity contribution in [1.29, 1.82) is 0 Å². The molecule has 0 amide bonds. The van der Waals surface area contributed by atoms with Crippen molar-refractivity contribution in [2.45, 2.75) is 13.3 Å². The van der Waals surface area contributed by atoms with Gasteiger partial charge in [-0.1, -0.05) is 6.07 Å². The van der Waals surface area contributed by atoms with E-state index in [1.54, 1.807) is 6.07 Å². The monoisotopic (exact) mass is 372 g/mol. The smallest absolute Gasteiger partial charge is 0.237 e. The maximum Gasteiger partial charge on any atom is 0.237 e. The first-order valence-corrected chi connectivity index (χ1v) is 9.09. The molecule has 25 heavy (non-hydrogen) atoms. The van der Waals surface area contributed by atoms with Crippen LogP contribution in [-0.2, 0) is 11.2 Å². The minimum atomic E-state index is -1.22. The minimum absolute atomic E-state index is 0.305. The van der Waals surface area contributed by atoms with Crippen molar-refractivity contribution in [1.82, 2.24) is 4.98 Å². The fraction of sp³-hybridized carbons (Fsp3) is 0.111. The van der Waals surface area contributed by atoms with E-state index in [-0.39, 0.29) is 12.2 Å². The number of hydrogen-bond donors (Lipinski definition) is 0. The Morgan fingerprint density at radius 2 is 2.04 bits per heavy atom. The van der Waals surface area contributed by atoms with Gasteiger partial charge in [0.25, 0.3) is 0 Å². The maximum absolute atomic E-state index is 13.4. The van der Waals surface area contributed by atoms with Crippen LogP contribution in [0.1, 0.15) is 10.6 Å². The maximum atomic E-state index is 13.4. The number of hydrogen-bond acceptors (Lipinski definition) is 6. The number of benzene rings is 1. The summed E-state index contributed by atoms with van der Waals surface area (Å²) in [5, 5.41) is 11.9. The minimum Gasteiger partial charge on any atom is -0.550 e. The number of aromatic nitrogens is 1. The number of carboxylic acid groups (broad SMARTS) is 1. The van der Waals surface area contributed by atoms with Gasteiger partial charge in [-0.2, -0.15) is 0 Å². The van der Waals surface area contributed by atoms with E-state index >= 15 is 0 Å². The molecule has 4 nitrogen and oxygen atoms in total. The van der Waals surface area contributed by atoms with E-state index in [1.807, 2.05) is 25.1 Å². The van der Waals surface area contributed by atoms with Crippen molar-refractivity contribution in [3.8, 4) is 21.4 Å². The molecule has 126 valence electrons. The third kappa shape index (κ3) is 3.08. The molecule has 0 fully saturated rings. The summed E-state index contributed by atoms with van der Waals surface area (Å²) in [5.74, 6) is -0.742. The fourth-order valence-electron chi connectivity index (χ4n) is 2.57. The number of halogens is 1. The topological polar surface area (TPSA) is 66.2 Å². The van der Waals surface area contributed by atoms with Gasteiger partial charge in [-0.05, 0) is 42.6 Å². The molecule has 0 aliphatic rings. The third-order valence-electron chi connectivity index (χ3n) is 3.67. The van der Waals surface area contributed by atoms with Crippen LogP contribution in [-0.4, -0.2) is 11.0 Å². The number of carboxylic acids is 1. The Morgan fingerprint density at radius 1 is 1.20 bits per heavy atom. The number of aliphatic carboxylic acids is 1. The first-order chi connectivity index (χ1) is 12.0. The van der Waals surface area contributed by atoms with Crippen molar-refractivity contribution in [2.24, 2.45) is 0 Å². The lowest BCUT2D eigenvalue weighted by Crippen LogP contribution is -2.24. The molecule has 7 heteroatoms. The Balaban J connectivity index is 1.83. The van der Waals surface area contributed by atoms with Crippen molar-refractivity contribution < 1.29 is 18.7 Å². The molecule has 0 atom stereocenters. The number of fused-ring (bicyclic) bond motifs is 1. The van der Waals surface area contributed by atoms with Crippen LogP contribution in [0.5, 0.6) is 0 Å². The van der Waals surface area contributed by atoms with E-state index in [4.69, 9.17) is 4.42 Å². The second-order valence-electron chi connectivity index (χ2n) is 5.55. The Bertz CT molecular complexity index is 1090. The van der Waals surface area contributed by atoms with Crippen LogP contribution < -0.4 is 5.11 Å². The molecule has 0 N–H and O–H groups in total. The highest BCUT2D eigenvalue weighted by Crippen LogP contribution is 2.38. The van der Waals surface area contributed by atoms with Gasteiger partial charge < -0.3 is 14.3 Å². The number of aryl methyl sites for hydroxylation is 1. The van der Waals surface area contributed by atoms with Crippen LogP contribution in [0.15, 0.2) is 40.8 Å². The Kier molecular flexibility index (Phi) is 3.89. The highest BCUT2D eigenvalue weighted by atomic mass is 32.1. The van der Waals surface area contributed by atoms with Gasteiger partial charge in [-0.25, -0.2) is 9.37 Å². The van der Waals surface area contributed by atoms with Crippen molar-refractivity contribution in [3.05, 3.63) is 52.8 Å². The van der Waals surface area contributed by atoms with E-state index in [2.05, 4.69) is 4.98 Å². The Labute approximate surface area is 150 Å². The van der Waals surface area contributed by atoms with Gasteiger partial charge in [0.1, 0.15) is 5.82 Å². The molecule has 0 saturated heterocycles. The standard InChI is InChI=1S/C18H12FNO3S2/c1-9-2-5-13(24-9)17-12(8-16(21)22)20-18(23-17)15-6-10-3-4-11(19)7-14(10)25-15/h2-7H,8H2,1H3,(H,21,22)/p-1. The largest absolute Gasteiger partial charge is 0.550 e. The molecule has 1 aromatic carbocycles. The predicted molar refractivity (Wildman–Crippen MR) is 94.0 cm³/mol. The van der Waals surface area contributed by atoms with Gasteiger partial charge >= 0.3 is 0 Å². The second-order valence-corrected chi connectivity index (χ2v) is 7.92. The molecule has 0 spiro atoms. The Morgan fingerprint density at radius 3 is 2.76 bits per heavy atom. The van der Waals surface area contributed by atoms with Crippen LogP contribution >= 0.6 is 22.7 Å². The van der Waals surface area contributed by atoms with E-state index in [9.17, 15) is 14.3 Å². The lowest BCUT2D eigenvalue weighted by atomic mass is 10.2. The summed E-state index contributed by atoms with van der Waals surface area (Å²) in [6, 6.07) is 10.2. The molecule has 0 aliphatic carbocycles. The number of rotatable bonds is 4. The van der Waals surface area contributed by atoms with Crippen molar-refractivity contribution in [3.63, 3.8) is 0 Å². The predicted octanol–water partition coefficient (Wildman–Crippen LogP) is 4.02. The van der Waals surface area contributed by atoms with Crippen molar-refractivity contribution in [2.75, 3.05) is 0 Å². The molecule has 4 aromatic rings. The van der Waals surface area contributed by atoms with Crippen LogP contribution in [0.25, 0.3) is 31.5 Å².